The summed E-state index contributed by atoms with van der Waals surface area (Å²) in [6.45, 7) is 11.0. The number of phenols is 1. The zero-order valence-electron chi connectivity index (χ0n) is 35.9. The fraction of sp³-hybridized carbons (Fsp3) is 0.412. The minimum atomic E-state index is -2.98. The molecule has 2 aliphatic heterocycles. The molecule has 2 N–H and O–H groups in total. The molecule has 0 unspecified atom stereocenters. The van der Waals surface area contributed by atoms with Gasteiger partial charge >= 0.3 is 7.12 Å². The summed E-state index contributed by atoms with van der Waals surface area (Å²) >= 11 is 0. The maximum absolute atomic E-state index is 14.7. The fourth-order valence-corrected chi connectivity index (χ4v) is 15.6. The predicted molar refractivity (Wildman–Crippen MR) is 243 cm³/mol. The zero-order valence-corrected chi connectivity index (χ0v) is 36.9. The molecule has 0 spiro atoms. The Labute approximate surface area is 357 Å². The Morgan fingerprint density at radius 2 is 1.43 bits per heavy atom. The molecule has 2 heterocycles. The lowest BCUT2D eigenvalue weighted by Gasteiger charge is -2.46. The van der Waals surface area contributed by atoms with Gasteiger partial charge in [0, 0.05) is 6.04 Å². The lowest BCUT2D eigenvalue weighted by atomic mass is 9.58. The first kappa shape index (κ1) is 42.2. The van der Waals surface area contributed by atoms with Crippen molar-refractivity contribution in [2.75, 3.05) is 6.61 Å². The minimum absolute atomic E-state index is 0.0507. The Bertz CT molecular complexity index is 2180. The van der Waals surface area contributed by atoms with Gasteiger partial charge in [0.15, 0.2) is 0 Å². The fourth-order valence-electron chi connectivity index (χ4n) is 11.1. The van der Waals surface area contributed by atoms with E-state index in [0.29, 0.717) is 31.6 Å². The van der Waals surface area contributed by atoms with Gasteiger partial charge in [-0.3, -0.25) is 14.5 Å². The first-order chi connectivity index (χ1) is 28.9. The van der Waals surface area contributed by atoms with E-state index < -0.39 is 33.4 Å². The molecule has 60 heavy (non-hydrogen) atoms. The number of rotatable bonds is 11. The van der Waals surface area contributed by atoms with Crippen molar-refractivity contribution in [1.29, 1.82) is 0 Å². The van der Waals surface area contributed by atoms with Crippen molar-refractivity contribution in [3.63, 3.8) is 0 Å². The zero-order chi connectivity index (χ0) is 42.2. The van der Waals surface area contributed by atoms with E-state index in [1.807, 2.05) is 56.3 Å². The van der Waals surface area contributed by atoms with Crippen LogP contribution < -0.4 is 10.4 Å². The minimum Gasteiger partial charge on any atom is -0.507 e. The number of amides is 2. The van der Waals surface area contributed by atoms with Crippen LogP contribution in [0, 0.1) is 31.6 Å². The average molecular weight is 822 g/mol. The predicted octanol–water partition coefficient (Wildman–Crippen LogP) is 9.04. The molecule has 2 saturated heterocycles. The van der Waals surface area contributed by atoms with Gasteiger partial charge in [-0.1, -0.05) is 137 Å². The monoisotopic (exact) mass is 821 g/mol. The van der Waals surface area contributed by atoms with Gasteiger partial charge in [0.05, 0.1) is 24.5 Å². The third-order valence-electron chi connectivity index (χ3n) is 13.8. The number of hydrogen-bond donors (Lipinski definition) is 2. The number of phenolic OH excluding ortho intramolecular Hbond substituents is 1. The highest BCUT2D eigenvalue weighted by Crippen LogP contribution is 2.52. The van der Waals surface area contributed by atoms with Crippen molar-refractivity contribution in [3.8, 4) is 5.75 Å². The molecule has 2 amide bonds. The molecule has 7 nitrogen and oxygen atoms in total. The number of hydrogen-bond acceptors (Lipinski definition) is 6. The number of imide groups is 1. The molecule has 1 saturated carbocycles. The van der Waals surface area contributed by atoms with Crippen molar-refractivity contribution >= 4 is 49.3 Å². The van der Waals surface area contributed by atoms with E-state index in [9.17, 15) is 19.7 Å². The molecule has 2 aliphatic carbocycles. The van der Waals surface area contributed by atoms with Crippen LogP contribution in [0.1, 0.15) is 94.4 Å². The number of allylic oxidation sites excluding steroid dienone is 1. The molecule has 4 aromatic rings. The largest absolute Gasteiger partial charge is 0.507 e. The summed E-state index contributed by atoms with van der Waals surface area (Å²) in [6.07, 6.45) is 8.49. The summed E-state index contributed by atoms with van der Waals surface area (Å²) in [6, 6.07) is 35.5. The number of likely N-dealkylation sites (tertiary alicyclic amines) is 1. The van der Waals surface area contributed by atoms with E-state index in [1.54, 1.807) is 4.90 Å². The Morgan fingerprint density at radius 3 is 2.02 bits per heavy atom. The van der Waals surface area contributed by atoms with Crippen LogP contribution in [0.2, 0.25) is 11.4 Å². The van der Waals surface area contributed by atoms with E-state index >= 15 is 0 Å². The summed E-state index contributed by atoms with van der Waals surface area (Å²) in [5.41, 5.74) is 6.90. The highest BCUT2D eigenvalue weighted by molar-refractivity contribution is 6.99. The van der Waals surface area contributed by atoms with Crippen LogP contribution in [0.25, 0.3) is 11.6 Å². The number of nitrogens with zero attached hydrogens (tertiary/aromatic N) is 1. The normalized spacial score (nSPS) is 22.9. The first-order valence-electron chi connectivity index (χ1n) is 22.1. The van der Waals surface area contributed by atoms with Crippen LogP contribution in [-0.4, -0.2) is 61.0 Å². The SMILES string of the molecule is Cc1cc(/C=C(/CC[C@H]2OB(O)C[C@H]3C2=C(CO[Si](c2ccccc2)(c2ccccc2)C(C)(C)C)C[C@H]2C(=O)N(C4CCCCC4)C(=O)[C@H]23)c2ccccc2)cc(C)c1O. The number of carbonyl (C=O) groups is 2. The van der Waals surface area contributed by atoms with Crippen LogP contribution in [0.4, 0.5) is 0 Å². The maximum Gasteiger partial charge on any atom is 0.455 e. The van der Waals surface area contributed by atoms with Gasteiger partial charge < -0.3 is 19.2 Å². The average Bonchev–Trinajstić information content (AvgIpc) is 3.50. The van der Waals surface area contributed by atoms with Crippen molar-refractivity contribution in [2.45, 2.75) is 109 Å². The third-order valence-corrected chi connectivity index (χ3v) is 18.8. The number of aryl methyl sites for hydroxylation is 2. The van der Waals surface area contributed by atoms with E-state index in [0.717, 1.165) is 71.1 Å². The van der Waals surface area contributed by atoms with Crippen LogP contribution in [-0.2, 0) is 18.7 Å². The smallest absolute Gasteiger partial charge is 0.455 e. The van der Waals surface area contributed by atoms with E-state index in [1.165, 1.54) is 10.4 Å². The molecular formula is C51H60BNO6Si. The highest BCUT2D eigenvalue weighted by atomic mass is 28.4. The molecule has 0 radical (unpaired) electrons. The summed E-state index contributed by atoms with van der Waals surface area (Å²) < 4.78 is 14.2. The van der Waals surface area contributed by atoms with Gasteiger partial charge in [0.2, 0.25) is 11.8 Å². The molecular weight excluding hydrogens is 761 g/mol. The molecule has 4 aliphatic rings. The molecule has 3 fully saturated rings. The van der Waals surface area contributed by atoms with Gasteiger partial charge in [-0.25, -0.2) is 0 Å². The van der Waals surface area contributed by atoms with Crippen molar-refractivity contribution < 1.29 is 28.8 Å². The van der Waals surface area contributed by atoms with E-state index in [4.69, 9.17) is 9.08 Å². The maximum atomic E-state index is 14.7. The number of benzene rings is 4. The van der Waals surface area contributed by atoms with Crippen molar-refractivity contribution in [1.82, 2.24) is 4.90 Å². The highest BCUT2D eigenvalue weighted by Gasteiger charge is 2.59. The van der Waals surface area contributed by atoms with Gasteiger partial charge in [-0.2, -0.15) is 0 Å². The van der Waals surface area contributed by atoms with Gasteiger partial charge in [0.1, 0.15) is 5.75 Å². The van der Waals surface area contributed by atoms with E-state index in [-0.39, 0.29) is 35.1 Å². The Balaban J connectivity index is 1.22. The van der Waals surface area contributed by atoms with Gasteiger partial charge in [-0.15, -0.1) is 0 Å². The summed E-state index contributed by atoms with van der Waals surface area (Å²) in [4.78, 5) is 30.9. The molecule has 312 valence electrons. The first-order valence-corrected chi connectivity index (χ1v) is 24.0. The third kappa shape index (κ3) is 8.02. The van der Waals surface area contributed by atoms with Crippen molar-refractivity contribution in [2.24, 2.45) is 17.8 Å². The second-order valence-electron chi connectivity index (χ2n) is 18.7. The van der Waals surface area contributed by atoms with Crippen LogP contribution >= 0.6 is 0 Å². The quantitative estimate of drug-likeness (QED) is 0.0679. The second-order valence-corrected chi connectivity index (χ2v) is 23.0. The number of aromatic hydroxyl groups is 1. The Morgan fingerprint density at radius 1 is 0.850 bits per heavy atom. The topological polar surface area (TPSA) is 96.3 Å². The molecule has 4 aromatic carbocycles. The van der Waals surface area contributed by atoms with Crippen LogP contribution in [0.3, 0.4) is 0 Å². The summed E-state index contributed by atoms with van der Waals surface area (Å²) in [5.74, 6) is -1.17. The Hall–Kier alpha value is -4.54. The molecule has 8 rings (SSSR count). The summed E-state index contributed by atoms with van der Waals surface area (Å²) in [7, 11) is -4.05. The molecule has 4 atom stereocenters. The lowest BCUT2D eigenvalue weighted by Crippen LogP contribution is -2.66. The lowest BCUT2D eigenvalue weighted by molar-refractivity contribution is -0.143. The standard InChI is InChI=1S/C51H60BNO6Si/c1-34-28-36(29-35(2)48(34)54)30-38(37-18-10-6-11-19-37)26-27-45-46-39(33-58-60(51(3,4)5,41-22-14-8-15-23-41)42-24-16-9-17-25-42)31-43-47(44(46)32-52(57)59-45)50(56)53(49(43)55)40-20-12-7-13-21-40/h6,8-11,14-19,22-25,28-30,40,43-45,47,54,57H,7,12-13,20-21,26-27,31-33H2,1-5H3/b38-30-/t43-,44+,45-,47-/m1/s1. The van der Waals surface area contributed by atoms with Gasteiger partial charge in [0.25, 0.3) is 8.32 Å². The Kier molecular flexibility index (Phi) is 12.3. The van der Waals surface area contributed by atoms with Crippen LogP contribution in [0.15, 0.2) is 114 Å². The molecule has 0 aromatic heterocycles. The van der Waals surface area contributed by atoms with Gasteiger partial charge in [-0.05, 0) is 125 Å². The number of carbonyl (C=O) groups excluding carboxylic acids is 2. The van der Waals surface area contributed by atoms with Crippen molar-refractivity contribution in [3.05, 3.63) is 137 Å². The molecule has 0 bridgehead atoms. The van der Waals surface area contributed by atoms with E-state index in [2.05, 4.69) is 87.5 Å². The summed E-state index contributed by atoms with van der Waals surface area (Å²) in [5, 5.41) is 24.2. The van der Waals surface area contributed by atoms with Crippen LogP contribution in [0.5, 0.6) is 5.75 Å². The second kappa shape index (κ2) is 17.4. The molecule has 9 heteroatoms. The number of fused-ring (bicyclic) bond motifs is 3.